The summed E-state index contributed by atoms with van der Waals surface area (Å²) in [5, 5.41) is 3.20. The highest BCUT2D eigenvalue weighted by Gasteiger charge is 1.93. The molecule has 2 nitrogen and oxygen atoms in total. The molecule has 2 heteroatoms. The maximum Gasteiger partial charge on any atom is 0.0462 e. The van der Waals surface area contributed by atoms with Gasteiger partial charge in [-0.2, -0.15) is 0 Å². The van der Waals surface area contributed by atoms with Crippen LogP contribution in [-0.2, 0) is 4.74 Å². The topological polar surface area (TPSA) is 21.3 Å². The molecule has 0 radical (unpaired) electrons. The Bertz CT molecular complexity index is 114. The maximum absolute atomic E-state index is 5.04. The van der Waals surface area contributed by atoms with Gasteiger partial charge in [0.2, 0.25) is 0 Å². The number of hydrogen-bond donors (Lipinski definition) is 1. The van der Waals surface area contributed by atoms with Crippen LogP contribution in [0.25, 0.3) is 0 Å². The molecule has 17 heavy (non-hydrogen) atoms. The molecule has 104 valence electrons. The van der Waals surface area contributed by atoms with E-state index in [-0.39, 0.29) is 0 Å². The Morgan fingerprint density at radius 2 is 1.06 bits per heavy atom. The Morgan fingerprint density at radius 1 is 0.647 bits per heavy atom. The SMILES string of the molecule is CNCCCCCCCCCCCCCOC. The highest BCUT2D eigenvalue weighted by atomic mass is 16.5. The summed E-state index contributed by atoms with van der Waals surface area (Å²) >= 11 is 0. The number of unbranched alkanes of at least 4 members (excludes halogenated alkanes) is 10. The molecule has 0 saturated heterocycles. The van der Waals surface area contributed by atoms with Gasteiger partial charge in [-0.25, -0.2) is 0 Å². The summed E-state index contributed by atoms with van der Waals surface area (Å²) in [5.41, 5.74) is 0. The van der Waals surface area contributed by atoms with Crippen molar-refractivity contribution in [3.05, 3.63) is 0 Å². The van der Waals surface area contributed by atoms with Gasteiger partial charge in [0.05, 0.1) is 0 Å². The van der Waals surface area contributed by atoms with E-state index in [9.17, 15) is 0 Å². The second-order valence-corrected chi connectivity index (χ2v) is 4.99. The van der Waals surface area contributed by atoms with Crippen molar-refractivity contribution in [1.82, 2.24) is 5.32 Å². The van der Waals surface area contributed by atoms with Crippen LogP contribution < -0.4 is 5.32 Å². The van der Waals surface area contributed by atoms with Crippen molar-refractivity contribution in [3.63, 3.8) is 0 Å². The minimum Gasteiger partial charge on any atom is -0.385 e. The molecule has 0 aromatic rings. The van der Waals surface area contributed by atoms with Gasteiger partial charge in [-0.05, 0) is 26.4 Å². The fourth-order valence-electron chi connectivity index (χ4n) is 2.14. The Kier molecular flexibility index (Phi) is 15.8. The van der Waals surface area contributed by atoms with E-state index in [0.29, 0.717) is 0 Å². The predicted molar refractivity (Wildman–Crippen MR) is 76.6 cm³/mol. The van der Waals surface area contributed by atoms with Crippen LogP contribution in [0.2, 0.25) is 0 Å². The molecule has 0 heterocycles. The van der Waals surface area contributed by atoms with E-state index in [1.807, 2.05) is 7.05 Å². The molecule has 0 unspecified atom stereocenters. The molecule has 1 N–H and O–H groups in total. The van der Waals surface area contributed by atoms with Gasteiger partial charge in [-0.15, -0.1) is 0 Å². The molecule has 0 aliphatic rings. The zero-order valence-electron chi connectivity index (χ0n) is 12.1. The third kappa shape index (κ3) is 15.9. The van der Waals surface area contributed by atoms with Crippen molar-refractivity contribution in [2.45, 2.75) is 70.6 Å². The van der Waals surface area contributed by atoms with E-state index in [2.05, 4.69) is 5.32 Å². The number of methoxy groups -OCH3 is 1. The molecule has 0 spiro atoms. The van der Waals surface area contributed by atoms with Crippen LogP contribution in [0.4, 0.5) is 0 Å². The molecule has 0 aromatic heterocycles. The lowest BCUT2D eigenvalue weighted by Gasteiger charge is -2.03. The molecular formula is C15H33NO. The normalized spacial score (nSPS) is 10.9. The Balaban J connectivity index is 2.85. The standard InChI is InChI=1S/C15H33NO/c1-16-14-12-10-8-6-4-3-5-7-9-11-13-15-17-2/h16H,3-15H2,1-2H3. The van der Waals surface area contributed by atoms with Crippen LogP contribution in [0.3, 0.4) is 0 Å². The van der Waals surface area contributed by atoms with Gasteiger partial charge in [-0.3, -0.25) is 0 Å². The van der Waals surface area contributed by atoms with Crippen molar-refractivity contribution in [1.29, 1.82) is 0 Å². The smallest absolute Gasteiger partial charge is 0.0462 e. The van der Waals surface area contributed by atoms with E-state index >= 15 is 0 Å². The monoisotopic (exact) mass is 243 g/mol. The Hall–Kier alpha value is -0.0800. The first kappa shape index (κ1) is 16.9. The predicted octanol–water partition coefficient (Wildman–Crippen LogP) is 4.14. The first-order valence-electron chi connectivity index (χ1n) is 7.55. The second-order valence-electron chi connectivity index (χ2n) is 4.99. The average molecular weight is 243 g/mol. The summed E-state index contributed by atoms with van der Waals surface area (Å²) in [6, 6.07) is 0. The van der Waals surface area contributed by atoms with Crippen LogP contribution >= 0.6 is 0 Å². The lowest BCUT2D eigenvalue weighted by Crippen LogP contribution is -2.06. The third-order valence-corrected chi connectivity index (χ3v) is 3.28. The molecule has 0 bridgehead atoms. The van der Waals surface area contributed by atoms with Gasteiger partial charge < -0.3 is 10.1 Å². The van der Waals surface area contributed by atoms with Crippen molar-refractivity contribution >= 4 is 0 Å². The molecule has 0 atom stereocenters. The molecule has 0 aliphatic carbocycles. The maximum atomic E-state index is 5.04. The minimum absolute atomic E-state index is 0.937. The molecule has 0 fully saturated rings. The number of rotatable bonds is 14. The average Bonchev–Trinajstić information content (AvgIpc) is 2.35. The van der Waals surface area contributed by atoms with Crippen molar-refractivity contribution in [3.8, 4) is 0 Å². The molecule has 0 amide bonds. The van der Waals surface area contributed by atoms with Crippen LogP contribution in [0.15, 0.2) is 0 Å². The number of ether oxygens (including phenoxy) is 1. The van der Waals surface area contributed by atoms with Gasteiger partial charge >= 0.3 is 0 Å². The van der Waals surface area contributed by atoms with E-state index in [1.165, 1.54) is 77.2 Å². The molecule has 0 aromatic carbocycles. The summed E-state index contributed by atoms with van der Waals surface area (Å²) in [5.74, 6) is 0. The zero-order chi connectivity index (χ0) is 12.6. The van der Waals surface area contributed by atoms with Gasteiger partial charge in [-0.1, -0.05) is 57.8 Å². The summed E-state index contributed by atoms with van der Waals surface area (Å²) in [7, 11) is 3.82. The third-order valence-electron chi connectivity index (χ3n) is 3.28. The first-order chi connectivity index (χ1) is 8.41. The van der Waals surface area contributed by atoms with E-state index in [0.717, 1.165) is 6.61 Å². The first-order valence-corrected chi connectivity index (χ1v) is 7.55. The van der Waals surface area contributed by atoms with Gasteiger partial charge in [0.25, 0.3) is 0 Å². The van der Waals surface area contributed by atoms with E-state index in [1.54, 1.807) is 7.11 Å². The summed E-state index contributed by atoms with van der Waals surface area (Å²) in [6.07, 6.45) is 15.3. The minimum atomic E-state index is 0.937. The second kappa shape index (κ2) is 15.9. The molecule has 0 aliphatic heterocycles. The van der Waals surface area contributed by atoms with Crippen molar-refractivity contribution in [2.75, 3.05) is 27.3 Å². The molecular weight excluding hydrogens is 210 g/mol. The van der Waals surface area contributed by atoms with E-state index < -0.39 is 0 Å². The number of hydrogen-bond acceptors (Lipinski definition) is 2. The Labute approximate surface area is 109 Å². The molecule has 0 rings (SSSR count). The highest BCUT2D eigenvalue weighted by molar-refractivity contribution is 4.49. The largest absolute Gasteiger partial charge is 0.385 e. The van der Waals surface area contributed by atoms with Crippen LogP contribution in [-0.4, -0.2) is 27.3 Å². The van der Waals surface area contributed by atoms with Crippen LogP contribution in [0, 0.1) is 0 Å². The molecule has 0 saturated carbocycles. The van der Waals surface area contributed by atoms with Crippen molar-refractivity contribution in [2.24, 2.45) is 0 Å². The lowest BCUT2D eigenvalue weighted by molar-refractivity contribution is 0.192. The van der Waals surface area contributed by atoms with Crippen LogP contribution in [0.5, 0.6) is 0 Å². The van der Waals surface area contributed by atoms with Gasteiger partial charge in [0.1, 0.15) is 0 Å². The Morgan fingerprint density at radius 3 is 1.47 bits per heavy atom. The van der Waals surface area contributed by atoms with Crippen LogP contribution in [0.1, 0.15) is 70.6 Å². The lowest BCUT2D eigenvalue weighted by atomic mass is 10.1. The zero-order valence-corrected chi connectivity index (χ0v) is 12.1. The van der Waals surface area contributed by atoms with E-state index in [4.69, 9.17) is 4.74 Å². The summed E-state index contributed by atoms with van der Waals surface area (Å²) < 4.78 is 5.04. The quantitative estimate of drug-likeness (QED) is 0.463. The van der Waals surface area contributed by atoms with Gasteiger partial charge in [0.15, 0.2) is 0 Å². The highest BCUT2D eigenvalue weighted by Crippen LogP contribution is 2.11. The van der Waals surface area contributed by atoms with Gasteiger partial charge in [0, 0.05) is 13.7 Å². The summed E-state index contributed by atoms with van der Waals surface area (Å²) in [6.45, 7) is 2.12. The summed E-state index contributed by atoms with van der Waals surface area (Å²) in [4.78, 5) is 0. The fourth-order valence-corrected chi connectivity index (χ4v) is 2.14. The fraction of sp³-hybridized carbons (Fsp3) is 1.00. The van der Waals surface area contributed by atoms with Crippen molar-refractivity contribution < 1.29 is 4.74 Å². The number of nitrogens with one attached hydrogen (secondary N) is 1.